The van der Waals surface area contributed by atoms with Gasteiger partial charge in [-0.3, -0.25) is 9.59 Å². The van der Waals surface area contributed by atoms with E-state index in [9.17, 15) is 9.59 Å². The van der Waals surface area contributed by atoms with Crippen molar-refractivity contribution < 1.29 is 14.3 Å². The Labute approximate surface area is 169 Å². The van der Waals surface area contributed by atoms with Crippen molar-refractivity contribution in [2.45, 2.75) is 44.7 Å². The summed E-state index contributed by atoms with van der Waals surface area (Å²) in [6.45, 7) is 2.28. The van der Waals surface area contributed by atoms with Gasteiger partial charge in [0.2, 0.25) is 5.88 Å². The first-order chi connectivity index (χ1) is 14.0. The van der Waals surface area contributed by atoms with Crippen LogP contribution in [0.4, 0.5) is 0 Å². The largest absolute Gasteiger partial charge is 0.477 e. The molecule has 2 heterocycles. The maximum atomic E-state index is 12.7. The summed E-state index contributed by atoms with van der Waals surface area (Å²) in [5.41, 5.74) is 1.31. The number of hydrogen-bond acceptors (Lipinski definition) is 5. The molecule has 0 saturated heterocycles. The number of carbonyl (C=O) groups excluding carboxylic acids is 2. The van der Waals surface area contributed by atoms with Gasteiger partial charge in [0.1, 0.15) is 17.3 Å². The van der Waals surface area contributed by atoms with Crippen molar-refractivity contribution in [1.82, 2.24) is 20.2 Å². The number of pyridine rings is 1. The van der Waals surface area contributed by atoms with Gasteiger partial charge in [-0.15, -0.1) is 0 Å². The van der Waals surface area contributed by atoms with Crippen molar-refractivity contribution in [1.29, 1.82) is 5.26 Å². The Bertz CT molecular complexity index is 931. The van der Waals surface area contributed by atoms with Crippen LogP contribution in [0.15, 0.2) is 30.6 Å². The maximum Gasteiger partial charge on any atom is 0.268 e. The standard InChI is InChI=1S/C21H25N5O3/c1-3-29-21-17(8-5-9-23-21)19(27)24-15-6-4-7-16(11-15)25-20(28)18-10-14(12-22)13-26(18)2/h5,8-10,13,15-16H,3-4,6-7,11H2,1-2H3,(H,24,27)(H,25,28)/t15-,16-/m1/s1. The third kappa shape index (κ3) is 4.93. The van der Waals surface area contributed by atoms with E-state index in [0.717, 1.165) is 19.3 Å². The molecule has 2 aromatic rings. The Morgan fingerprint density at radius 1 is 1.31 bits per heavy atom. The van der Waals surface area contributed by atoms with Crippen LogP contribution in [0.25, 0.3) is 0 Å². The van der Waals surface area contributed by atoms with Crippen LogP contribution in [0, 0.1) is 11.3 Å². The van der Waals surface area contributed by atoms with Gasteiger partial charge in [-0.1, -0.05) is 0 Å². The molecular formula is C21H25N5O3. The van der Waals surface area contributed by atoms with Crippen LogP contribution in [-0.4, -0.2) is 40.1 Å². The summed E-state index contributed by atoms with van der Waals surface area (Å²) in [4.78, 5) is 29.4. The minimum absolute atomic E-state index is 0.0396. The van der Waals surface area contributed by atoms with E-state index >= 15 is 0 Å². The third-order valence-corrected chi connectivity index (χ3v) is 5.01. The molecule has 1 fully saturated rings. The molecule has 2 N–H and O–H groups in total. The first kappa shape index (κ1) is 20.4. The fraction of sp³-hybridized carbons (Fsp3) is 0.429. The number of nitrogens with zero attached hydrogens (tertiary/aromatic N) is 3. The predicted molar refractivity (Wildman–Crippen MR) is 107 cm³/mol. The highest BCUT2D eigenvalue weighted by Crippen LogP contribution is 2.21. The molecule has 1 saturated carbocycles. The summed E-state index contributed by atoms with van der Waals surface area (Å²) >= 11 is 0. The molecular weight excluding hydrogens is 370 g/mol. The molecule has 0 unspecified atom stereocenters. The molecule has 2 atom stereocenters. The molecule has 3 rings (SSSR count). The molecule has 152 valence electrons. The molecule has 2 aromatic heterocycles. The molecule has 0 spiro atoms. The number of rotatable bonds is 6. The highest BCUT2D eigenvalue weighted by Gasteiger charge is 2.26. The monoisotopic (exact) mass is 395 g/mol. The van der Waals surface area contributed by atoms with Crippen LogP contribution in [0.1, 0.15) is 59.0 Å². The lowest BCUT2D eigenvalue weighted by molar-refractivity contribution is 0.0896. The van der Waals surface area contributed by atoms with E-state index in [1.807, 2.05) is 13.0 Å². The molecule has 8 nitrogen and oxygen atoms in total. The second-order valence-corrected chi connectivity index (χ2v) is 7.13. The summed E-state index contributed by atoms with van der Waals surface area (Å²) in [5.74, 6) is -0.110. The van der Waals surface area contributed by atoms with Gasteiger partial charge in [0.25, 0.3) is 11.8 Å². The van der Waals surface area contributed by atoms with Gasteiger partial charge in [-0.25, -0.2) is 4.98 Å². The van der Waals surface area contributed by atoms with E-state index in [-0.39, 0.29) is 23.9 Å². The Morgan fingerprint density at radius 2 is 2.03 bits per heavy atom. The number of nitrogens with one attached hydrogen (secondary N) is 2. The number of aromatic nitrogens is 2. The van der Waals surface area contributed by atoms with Crippen LogP contribution < -0.4 is 15.4 Å². The van der Waals surface area contributed by atoms with Crippen LogP contribution in [-0.2, 0) is 7.05 Å². The quantitative estimate of drug-likeness (QED) is 0.779. The van der Waals surface area contributed by atoms with Crippen molar-refractivity contribution in [3.8, 4) is 11.9 Å². The number of amides is 2. The highest BCUT2D eigenvalue weighted by molar-refractivity contribution is 5.96. The van der Waals surface area contributed by atoms with Crippen molar-refractivity contribution in [2.75, 3.05) is 6.61 Å². The minimum Gasteiger partial charge on any atom is -0.477 e. The Morgan fingerprint density at radius 3 is 2.69 bits per heavy atom. The molecule has 1 aliphatic carbocycles. The topological polar surface area (TPSA) is 109 Å². The first-order valence-electron chi connectivity index (χ1n) is 9.77. The van der Waals surface area contributed by atoms with E-state index < -0.39 is 0 Å². The zero-order chi connectivity index (χ0) is 20.8. The average Bonchev–Trinajstić information content (AvgIpc) is 3.10. The third-order valence-electron chi connectivity index (χ3n) is 5.01. The van der Waals surface area contributed by atoms with Gasteiger partial charge in [0, 0.05) is 31.5 Å². The number of ether oxygens (including phenoxy) is 1. The summed E-state index contributed by atoms with van der Waals surface area (Å²) in [6, 6.07) is 6.93. The second-order valence-electron chi connectivity index (χ2n) is 7.13. The number of aryl methyl sites for hydroxylation is 1. The predicted octanol–water partition coefficient (Wildman–Crippen LogP) is 2.16. The van der Waals surface area contributed by atoms with Gasteiger partial charge in [-0.2, -0.15) is 5.26 Å². The van der Waals surface area contributed by atoms with E-state index in [1.54, 1.807) is 42.2 Å². The normalized spacial score (nSPS) is 18.5. The summed E-state index contributed by atoms with van der Waals surface area (Å²) < 4.78 is 7.08. The number of nitriles is 1. The second kappa shape index (κ2) is 9.24. The van der Waals surface area contributed by atoms with Gasteiger partial charge in [0.15, 0.2) is 0 Å². The summed E-state index contributed by atoms with van der Waals surface area (Å²) in [6.07, 6.45) is 6.47. The lowest BCUT2D eigenvalue weighted by Crippen LogP contribution is -2.46. The van der Waals surface area contributed by atoms with E-state index in [1.165, 1.54) is 0 Å². The molecule has 2 amide bonds. The fourth-order valence-electron chi connectivity index (χ4n) is 3.64. The smallest absolute Gasteiger partial charge is 0.268 e. The molecule has 0 aliphatic heterocycles. The van der Waals surface area contributed by atoms with E-state index in [2.05, 4.69) is 15.6 Å². The van der Waals surface area contributed by atoms with Crippen molar-refractivity contribution >= 4 is 11.8 Å². The fourth-order valence-corrected chi connectivity index (χ4v) is 3.64. The molecule has 0 bridgehead atoms. The zero-order valence-electron chi connectivity index (χ0n) is 16.6. The Balaban J connectivity index is 1.61. The number of carbonyl (C=O) groups is 2. The highest BCUT2D eigenvalue weighted by atomic mass is 16.5. The van der Waals surface area contributed by atoms with Gasteiger partial charge in [0.05, 0.1) is 12.2 Å². The summed E-state index contributed by atoms with van der Waals surface area (Å²) in [7, 11) is 1.74. The average molecular weight is 395 g/mol. The van der Waals surface area contributed by atoms with Gasteiger partial charge in [-0.05, 0) is 50.8 Å². The molecule has 29 heavy (non-hydrogen) atoms. The maximum absolute atomic E-state index is 12.7. The molecule has 8 heteroatoms. The first-order valence-corrected chi connectivity index (χ1v) is 9.77. The van der Waals surface area contributed by atoms with Crippen LogP contribution in [0.3, 0.4) is 0 Å². The van der Waals surface area contributed by atoms with Crippen molar-refractivity contribution in [2.24, 2.45) is 7.05 Å². The Kier molecular flexibility index (Phi) is 6.50. The molecule has 0 radical (unpaired) electrons. The Hall–Kier alpha value is -3.34. The number of hydrogen-bond donors (Lipinski definition) is 2. The lowest BCUT2D eigenvalue weighted by atomic mass is 9.90. The van der Waals surface area contributed by atoms with Crippen molar-refractivity contribution in [3.63, 3.8) is 0 Å². The van der Waals surface area contributed by atoms with Crippen LogP contribution >= 0.6 is 0 Å². The summed E-state index contributed by atoms with van der Waals surface area (Å²) in [5, 5.41) is 15.1. The SMILES string of the molecule is CCOc1ncccc1C(=O)N[C@@H]1CCC[C@@H](NC(=O)c2cc(C#N)cn2C)C1. The van der Waals surface area contributed by atoms with Crippen molar-refractivity contribution in [3.05, 3.63) is 47.4 Å². The minimum atomic E-state index is -0.223. The van der Waals surface area contributed by atoms with Crippen LogP contribution in [0.2, 0.25) is 0 Å². The lowest BCUT2D eigenvalue weighted by Gasteiger charge is -2.30. The van der Waals surface area contributed by atoms with E-state index in [4.69, 9.17) is 10.00 Å². The van der Waals surface area contributed by atoms with E-state index in [0.29, 0.717) is 35.7 Å². The van der Waals surface area contributed by atoms with Gasteiger partial charge >= 0.3 is 0 Å². The van der Waals surface area contributed by atoms with Gasteiger partial charge < -0.3 is 19.9 Å². The molecule has 1 aliphatic rings. The molecule has 0 aromatic carbocycles. The zero-order valence-corrected chi connectivity index (χ0v) is 16.6. The van der Waals surface area contributed by atoms with Crippen LogP contribution in [0.5, 0.6) is 5.88 Å².